The average molecular weight is 357 g/mol. The fraction of sp³-hybridized carbons (Fsp3) is 0.412. The molecule has 1 N–H and O–H groups in total. The van der Waals surface area contributed by atoms with Gasteiger partial charge >= 0.3 is 12.1 Å². The summed E-state index contributed by atoms with van der Waals surface area (Å²) in [5.41, 5.74) is -1.24. The number of ether oxygens (including phenoxy) is 1. The second-order valence-corrected chi connectivity index (χ2v) is 5.63. The normalized spacial score (nSPS) is 16.5. The van der Waals surface area contributed by atoms with Gasteiger partial charge in [0.2, 0.25) is 5.91 Å². The van der Waals surface area contributed by atoms with Gasteiger partial charge in [-0.3, -0.25) is 9.59 Å². The van der Waals surface area contributed by atoms with Crippen LogP contribution in [0.5, 0.6) is 0 Å². The minimum absolute atomic E-state index is 0.148. The summed E-state index contributed by atoms with van der Waals surface area (Å²) >= 11 is 0. The maximum Gasteiger partial charge on any atom is 0.417 e. The van der Waals surface area contributed by atoms with Crippen molar-refractivity contribution in [1.29, 1.82) is 0 Å². The molecule has 1 heterocycles. The van der Waals surface area contributed by atoms with Crippen LogP contribution < -0.4 is 0 Å². The number of alkyl halides is 3. The third-order valence-corrected chi connectivity index (χ3v) is 3.88. The van der Waals surface area contributed by atoms with Gasteiger partial charge in [0.1, 0.15) is 6.54 Å². The molecule has 1 aromatic rings. The molecule has 0 aromatic heterocycles. The number of hydrogen-bond donors (Lipinski definition) is 1. The predicted octanol–water partition coefficient (Wildman–Crippen LogP) is 2.72. The first-order chi connectivity index (χ1) is 11.8. The summed E-state index contributed by atoms with van der Waals surface area (Å²) < 4.78 is 45.2. The van der Waals surface area contributed by atoms with Crippen LogP contribution in [-0.4, -0.2) is 53.9 Å². The zero-order valence-corrected chi connectivity index (χ0v) is 13.3. The minimum atomic E-state index is -4.73. The summed E-state index contributed by atoms with van der Waals surface area (Å²) in [7, 11) is 0. The first-order valence-corrected chi connectivity index (χ1v) is 7.73. The van der Waals surface area contributed by atoms with Gasteiger partial charge < -0.3 is 14.7 Å². The molecule has 0 bridgehead atoms. The van der Waals surface area contributed by atoms with Gasteiger partial charge in [-0.25, -0.2) is 0 Å². The van der Waals surface area contributed by atoms with Crippen LogP contribution in [0.1, 0.15) is 18.4 Å². The molecule has 1 fully saturated rings. The number of benzene rings is 1. The number of hydrogen-bond acceptors (Lipinski definition) is 3. The first kappa shape index (κ1) is 19.0. The van der Waals surface area contributed by atoms with Crippen LogP contribution >= 0.6 is 0 Å². The highest BCUT2D eigenvalue weighted by atomic mass is 19.4. The third-order valence-electron chi connectivity index (χ3n) is 3.88. The highest BCUT2D eigenvalue weighted by Crippen LogP contribution is 2.34. The lowest BCUT2D eigenvalue weighted by molar-refractivity contribution is -0.145. The number of nitrogens with zero attached hydrogens (tertiary/aromatic N) is 1. The Labute approximate surface area is 142 Å². The van der Waals surface area contributed by atoms with Crippen LogP contribution in [0.2, 0.25) is 0 Å². The number of aliphatic carboxylic acids is 1. The molecule has 1 aliphatic rings. The summed E-state index contributed by atoms with van der Waals surface area (Å²) in [5, 5.41) is 9.01. The van der Waals surface area contributed by atoms with E-state index in [1.165, 1.54) is 24.3 Å². The van der Waals surface area contributed by atoms with Gasteiger partial charge in [-0.1, -0.05) is 30.3 Å². The Bertz CT molecular complexity index is 637. The Balaban J connectivity index is 2.34. The Hall–Kier alpha value is -2.35. The van der Waals surface area contributed by atoms with Crippen molar-refractivity contribution in [2.45, 2.75) is 25.1 Å². The summed E-state index contributed by atoms with van der Waals surface area (Å²) in [6, 6.07) is 6.49. The molecule has 0 radical (unpaired) electrons. The van der Waals surface area contributed by atoms with E-state index in [2.05, 4.69) is 0 Å². The monoisotopic (exact) mass is 357 g/mol. The number of halogens is 3. The topological polar surface area (TPSA) is 66.8 Å². The highest BCUT2D eigenvalue weighted by molar-refractivity contribution is 5.97. The number of rotatable bonds is 5. The fourth-order valence-electron chi connectivity index (χ4n) is 2.68. The van der Waals surface area contributed by atoms with E-state index in [0.29, 0.717) is 32.1 Å². The van der Waals surface area contributed by atoms with Gasteiger partial charge in [-0.15, -0.1) is 0 Å². The molecular formula is C17H18F3NO4. The maximum absolute atomic E-state index is 13.4. The number of carbonyl (C=O) groups excluding carboxylic acids is 1. The molecule has 0 saturated carbocycles. The minimum Gasteiger partial charge on any atom is -0.480 e. The lowest BCUT2D eigenvalue weighted by atomic mass is 10.0. The summed E-state index contributed by atoms with van der Waals surface area (Å²) in [6.45, 7) is 0.0190. The molecule has 2 rings (SSSR count). The smallest absolute Gasteiger partial charge is 0.417 e. The van der Waals surface area contributed by atoms with Crippen molar-refractivity contribution in [2.24, 2.45) is 0 Å². The Kier molecular flexibility index (Phi) is 6.19. The Morgan fingerprint density at radius 1 is 1.20 bits per heavy atom. The molecular weight excluding hydrogens is 339 g/mol. The molecule has 136 valence electrons. The number of carboxylic acids is 1. The van der Waals surface area contributed by atoms with Crippen molar-refractivity contribution < 1.29 is 32.6 Å². The molecule has 1 aliphatic heterocycles. The van der Waals surface area contributed by atoms with Crippen LogP contribution in [-0.2, 0) is 14.3 Å². The molecule has 0 aliphatic carbocycles. The summed E-state index contributed by atoms with van der Waals surface area (Å²) in [6.07, 6.45) is -3.48. The largest absolute Gasteiger partial charge is 0.480 e. The van der Waals surface area contributed by atoms with E-state index < -0.39 is 36.2 Å². The van der Waals surface area contributed by atoms with E-state index >= 15 is 0 Å². The maximum atomic E-state index is 13.4. The van der Waals surface area contributed by atoms with Crippen molar-refractivity contribution in [3.8, 4) is 0 Å². The van der Waals surface area contributed by atoms with Crippen molar-refractivity contribution in [1.82, 2.24) is 4.90 Å². The molecule has 1 amide bonds. The van der Waals surface area contributed by atoms with E-state index in [0.717, 1.165) is 4.90 Å². The number of carbonyl (C=O) groups is 2. The van der Waals surface area contributed by atoms with Crippen molar-refractivity contribution in [3.05, 3.63) is 42.0 Å². The van der Waals surface area contributed by atoms with Crippen LogP contribution in [0.15, 0.2) is 36.4 Å². The van der Waals surface area contributed by atoms with Crippen LogP contribution in [0.25, 0.3) is 5.57 Å². The quantitative estimate of drug-likeness (QED) is 0.823. The summed E-state index contributed by atoms with van der Waals surface area (Å²) in [5.74, 6) is -2.24. The Morgan fingerprint density at radius 3 is 2.32 bits per heavy atom. The third kappa shape index (κ3) is 5.32. The van der Waals surface area contributed by atoms with Crippen molar-refractivity contribution in [3.63, 3.8) is 0 Å². The molecule has 0 atom stereocenters. The van der Waals surface area contributed by atoms with Gasteiger partial charge in [0.05, 0.1) is 5.57 Å². The molecule has 0 unspecified atom stereocenters. The van der Waals surface area contributed by atoms with E-state index in [4.69, 9.17) is 9.84 Å². The lowest BCUT2D eigenvalue weighted by Gasteiger charge is -2.32. The Morgan fingerprint density at radius 2 is 1.80 bits per heavy atom. The van der Waals surface area contributed by atoms with Crippen molar-refractivity contribution >= 4 is 17.4 Å². The van der Waals surface area contributed by atoms with Gasteiger partial charge in [0.25, 0.3) is 0 Å². The standard InChI is InChI=1S/C17H18F3NO4/c18-17(19,20)14(12-4-2-1-3-5-12)10-15(22)21(11-16(23)24)13-6-8-25-9-7-13/h1-5,10,13H,6-9,11H2,(H,23,24)/b14-10-. The van der Waals surface area contributed by atoms with Gasteiger partial charge in [0.15, 0.2) is 0 Å². The average Bonchev–Trinajstić information content (AvgIpc) is 2.57. The molecule has 1 aromatic carbocycles. The zero-order valence-electron chi connectivity index (χ0n) is 13.3. The number of carboxylic acid groups (broad SMARTS) is 1. The van der Waals surface area contributed by atoms with E-state index in [-0.39, 0.29) is 5.56 Å². The number of amides is 1. The highest BCUT2D eigenvalue weighted by Gasteiger charge is 2.36. The fourth-order valence-corrected chi connectivity index (χ4v) is 2.68. The first-order valence-electron chi connectivity index (χ1n) is 7.73. The predicted molar refractivity (Wildman–Crippen MR) is 83.7 cm³/mol. The summed E-state index contributed by atoms with van der Waals surface area (Å²) in [4.78, 5) is 24.5. The van der Waals surface area contributed by atoms with E-state index in [1.807, 2.05) is 0 Å². The number of allylic oxidation sites excluding steroid dienone is 1. The molecule has 8 heteroatoms. The van der Waals surface area contributed by atoms with Crippen LogP contribution in [0.4, 0.5) is 13.2 Å². The molecule has 5 nitrogen and oxygen atoms in total. The van der Waals surface area contributed by atoms with Gasteiger partial charge in [-0.05, 0) is 18.4 Å². The van der Waals surface area contributed by atoms with Crippen LogP contribution in [0, 0.1) is 0 Å². The van der Waals surface area contributed by atoms with E-state index in [1.54, 1.807) is 6.07 Å². The molecule has 0 spiro atoms. The van der Waals surface area contributed by atoms with Crippen LogP contribution in [0.3, 0.4) is 0 Å². The molecule has 1 saturated heterocycles. The zero-order chi connectivity index (χ0) is 18.4. The van der Waals surface area contributed by atoms with E-state index in [9.17, 15) is 22.8 Å². The lowest BCUT2D eigenvalue weighted by Crippen LogP contribution is -2.45. The van der Waals surface area contributed by atoms with Crippen molar-refractivity contribution in [2.75, 3.05) is 19.8 Å². The van der Waals surface area contributed by atoms with Gasteiger partial charge in [0, 0.05) is 25.3 Å². The second kappa shape index (κ2) is 8.15. The second-order valence-electron chi connectivity index (χ2n) is 5.63. The SMILES string of the molecule is O=C(O)CN(C(=O)/C=C(/c1ccccc1)C(F)(F)F)C1CCOCC1. The van der Waals surface area contributed by atoms with Gasteiger partial charge in [-0.2, -0.15) is 13.2 Å². The molecule has 25 heavy (non-hydrogen) atoms.